The van der Waals surface area contributed by atoms with Gasteiger partial charge in [0.05, 0.1) is 12.2 Å². The number of fused-ring (bicyclic) bond motifs is 1. The van der Waals surface area contributed by atoms with E-state index in [0.29, 0.717) is 12.1 Å². The Morgan fingerprint density at radius 3 is 2.59 bits per heavy atom. The largest absolute Gasteiger partial charge is 0.395 e. The number of nitrogens with zero attached hydrogens (tertiary/aromatic N) is 4. The first-order valence-corrected chi connectivity index (χ1v) is 11.8. The fourth-order valence-electron chi connectivity index (χ4n) is 5.16. The summed E-state index contributed by atoms with van der Waals surface area (Å²) in [5.41, 5.74) is 3.48. The highest BCUT2D eigenvalue weighted by atomic mass is 16.3. The molecule has 2 aliphatic heterocycles. The van der Waals surface area contributed by atoms with E-state index in [0.717, 1.165) is 37.2 Å². The first-order valence-electron chi connectivity index (χ1n) is 11.8. The molecule has 1 N–H and O–H groups in total. The summed E-state index contributed by atoms with van der Waals surface area (Å²) in [5, 5.41) is 10.2. The second-order valence-electron chi connectivity index (χ2n) is 8.87. The van der Waals surface area contributed by atoms with Crippen LogP contribution in [0, 0.1) is 11.8 Å². The molecule has 6 heteroatoms. The molecule has 5 rings (SSSR count). The van der Waals surface area contributed by atoms with E-state index < -0.39 is 0 Å². The maximum Gasteiger partial charge on any atom is 0.255 e. The fraction of sp³-hybridized carbons (Fsp3) is 0.321. The van der Waals surface area contributed by atoms with E-state index in [1.807, 2.05) is 41.3 Å². The molecule has 34 heavy (non-hydrogen) atoms. The third-order valence-corrected chi connectivity index (χ3v) is 6.86. The number of pyridine rings is 2. The molecule has 3 atom stereocenters. The number of hydrogen-bond acceptors (Lipinski definition) is 5. The second-order valence-corrected chi connectivity index (χ2v) is 8.87. The van der Waals surface area contributed by atoms with Gasteiger partial charge in [0, 0.05) is 55.2 Å². The molecule has 0 spiro atoms. The van der Waals surface area contributed by atoms with Gasteiger partial charge < -0.3 is 10.0 Å². The van der Waals surface area contributed by atoms with Gasteiger partial charge in [-0.05, 0) is 67.3 Å². The number of aliphatic hydroxyl groups excluding tert-OH is 1. The van der Waals surface area contributed by atoms with Gasteiger partial charge in [0.2, 0.25) is 0 Å². The minimum Gasteiger partial charge on any atom is -0.395 e. The molecule has 2 aromatic heterocycles. The summed E-state index contributed by atoms with van der Waals surface area (Å²) in [6, 6.07) is 17.9. The Morgan fingerprint density at radius 2 is 1.85 bits per heavy atom. The molecule has 0 unspecified atom stereocenters. The SMILES string of the molecule is O=C(c1cccnc1)N1CCCCN2[C@H](CO)[C@@H](c3ccc(C#Cc4ccccn4)cc3)[C@H]2C1. The van der Waals surface area contributed by atoms with Crippen LogP contribution in [0.1, 0.15) is 45.9 Å². The molecule has 2 saturated heterocycles. The Morgan fingerprint density at radius 1 is 1.00 bits per heavy atom. The molecule has 6 nitrogen and oxygen atoms in total. The summed E-state index contributed by atoms with van der Waals surface area (Å²) in [5.74, 6) is 6.47. The van der Waals surface area contributed by atoms with E-state index in [2.05, 4.69) is 38.8 Å². The number of aliphatic hydroxyl groups is 1. The fourth-order valence-corrected chi connectivity index (χ4v) is 5.16. The van der Waals surface area contributed by atoms with E-state index in [4.69, 9.17) is 0 Å². The average molecular weight is 453 g/mol. The van der Waals surface area contributed by atoms with E-state index in [9.17, 15) is 9.90 Å². The molecule has 0 radical (unpaired) electrons. The Bertz CT molecular complexity index is 1170. The minimum atomic E-state index is 0.0290. The third-order valence-electron chi connectivity index (χ3n) is 6.86. The molecule has 2 fully saturated rings. The highest BCUT2D eigenvalue weighted by Gasteiger charge is 2.49. The van der Waals surface area contributed by atoms with Crippen molar-refractivity contribution >= 4 is 5.91 Å². The van der Waals surface area contributed by atoms with Gasteiger partial charge >= 0.3 is 0 Å². The smallest absolute Gasteiger partial charge is 0.255 e. The number of benzene rings is 1. The molecular formula is C28H28N4O2. The van der Waals surface area contributed by atoms with Crippen molar-refractivity contribution < 1.29 is 9.90 Å². The minimum absolute atomic E-state index is 0.0290. The van der Waals surface area contributed by atoms with Crippen LogP contribution in [0.25, 0.3) is 0 Å². The van der Waals surface area contributed by atoms with E-state index in [-0.39, 0.29) is 30.5 Å². The summed E-state index contributed by atoms with van der Waals surface area (Å²) in [6.45, 7) is 2.46. The van der Waals surface area contributed by atoms with Gasteiger partial charge in [0.15, 0.2) is 0 Å². The molecule has 0 saturated carbocycles. The zero-order valence-corrected chi connectivity index (χ0v) is 19.0. The Hall–Kier alpha value is -3.53. The number of amides is 1. The third kappa shape index (κ3) is 4.58. The standard InChI is InChI=1S/C28H28N4O2/c33-20-26-27(22-11-8-21(9-12-22)10-13-24-7-1-2-15-30-24)25-19-31(16-3-4-17-32(25)26)28(34)23-6-5-14-29-18-23/h1-2,5-9,11-12,14-15,18,25-27,33H,3-4,16-17,19-20H2/t25-,26-,27+/m1/s1. The van der Waals surface area contributed by atoms with Gasteiger partial charge in [-0.1, -0.05) is 24.1 Å². The zero-order chi connectivity index (χ0) is 23.3. The predicted molar refractivity (Wildman–Crippen MR) is 130 cm³/mol. The first-order chi connectivity index (χ1) is 16.7. The highest BCUT2D eigenvalue weighted by molar-refractivity contribution is 5.93. The van der Waals surface area contributed by atoms with Crippen LogP contribution in [-0.2, 0) is 0 Å². The van der Waals surface area contributed by atoms with Crippen molar-refractivity contribution in [1.82, 2.24) is 19.8 Å². The van der Waals surface area contributed by atoms with Crippen molar-refractivity contribution in [1.29, 1.82) is 0 Å². The van der Waals surface area contributed by atoms with Gasteiger partial charge in [0.25, 0.3) is 5.91 Å². The lowest BCUT2D eigenvalue weighted by molar-refractivity contribution is -0.0606. The molecule has 0 bridgehead atoms. The lowest BCUT2D eigenvalue weighted by atomic mass is 9.74. The van der Waals surface area contributed by atoms with Crippen LogP contribution >= 0.6 is 0 Å². The lowest BCUT2D eigenvalue weighted by Gasteiger charge is -2.57. The normalized spacial score (nSPS) is 22.4. The van der Waals surface area contributed by atoms with Crippen molar-refractivity contribution in [3.8, 4) is 11.8 Å². The van der Waals surface area contributed by atoms with Crippen LogP contribution in [0.2, 0.25) is 0 Å². The number of hydrogen-bond donors (Lipinski definition) is 1. The molecular weight excluding hydrogens is 424 g/mol. The molecule has 3 aromatic rings. The first kappa shape index (κ1) is 22.3. The monoisotopic (exact) mass is 452 g/mol. The summed E-state index contributed by atoms with van der Waals surface area (Å²) in [7, 11) is 0. The van der Waals surface area contributed by atoms with Crippen LogP contribution in [0.3, 0.4) is 0 Å². The molecule has 1 aromatic carbocycles. The summed E-state index contributed by atoms with van der Waals surface area (Å²) in [4.78, 5) is 25.9. The second kappa shape index (κ2) is 10.2. The van der Waals surface area contributed by atoms with Gasteiger partial charge in [-0.2, -0.15) is 0 Å². The Kier molecular flexibility index (Phi) is 6.66. The molecule has 4 heterocycles. The summed E-state index contributed by atoms with van der Waals surface area (Å²) in [6.07, 6.45) is 7.03. The molecule has 1 amide bonds. The summed E-state index contributed by atoms with van der Waals surface area (Å²) < 4.78 is 0. The van der Waals surface area contributed by atoms with Gasteiger partial charge in [-0.25, -0.2) is 4.98 Å². The van der Waals surface area contributed by atoms with Crippen LogP contribution in [-0.4, -0.2) is 69.1 Å². The van der Waals surface area contributed by atoms with Crippen LogP contribution in [0.15, 0.2) is 73.2 Å². The van der Waals surface area contributed by atoms with E-state index in [1.54, 1.807) is 24.7 Å². The highest BCUT2D eigenvalue weighted by Crippen LogP contribution is 2.42. The van der Waals surface area contributed by atoms with Crippen molar-refractivity contribution in [3.05, 3.63) is 95.6 Å². The summed E-state index contributed by atoms with van der Waals surface area (Å²) >= 11 is 0. The molecule has 0 aliphatic carbocycles. The predicted octanol–water partition coefficient (Wildman–Crippen LogP) is 2.94. The Labute approximate surface area is 200 Å². The van der Waals surface area contributed by atoms with Crippen LogP contribution in [0.4, 0.5) is 0 Å². The topological polar surface area (TPSA) is 69.6 Å². The Balaban J connectivity index is 1.35. The van der Waals surface area contributed by atoms with Gasteiger partial charge in [0.1, 0.15) is 5.69 Å². The van der Waals surface area contributed by atoms with Crippen molar-refractivity contribution in [2.24, 2.45) is 0 Å². The van der Waals surface area contributed by atoms with Crippen molar-refractivity contribution in [3.63, 3.8) is 0 Å². The van der Waals surface area contributed by atoms with Gasteiger partial charge in [-0.3, -0.25) is 14.7 Å². The van der Waals surface area contributed by atoms with E-state index >= 15 is 0 Å². The van der Waals surface area contributed by atoms with E-state index in [1.165, 1.54) is 5.56 Å². The van der Waals surface area contributed by atoms with Crippen LogP contribution in [0.5, 0.6) is 0 Å². The average Bonchev–Trinajstić information content (AvgIpc) is 2.88. The number of carbonyl (C=O) groups is 1. The number of carbonyl (C=O) groups excluding carboxylic acids is 1. The number of aromatic nitrogens is 2. The van der Waals surface area contributed by atoms with Gasteiger partial charge in [-0.15, -0.1) is 0 Å². The van der Waals surface area contributed by atoms with Crippen molar-refractivity contribution in [2.45, 2.75) is 30.8 Å². The van der Waals surface area contributed by atoms with Crippen molar-refractivity contribution in [2.75, 3.05) is 26.2 Å². The maximum atomic E-state index is 13.2. The molecule has 172 valence electrons. The zero-order valence-electron chi connectivity index (χ0n) is 19.0. The lowest BCUT2D eigenvalue weighted by Crippen LogP contribution is -2.67. The molecule has 2 aliphatic rings. The quantitative estimate of drug-likeness (QED) is 0.619. The maximum absolute atomic E-state index is 13.2. The number of rotatable bonds is 3. The van der Waals surface area contributed by atoms with Crippen LogP contribution < -0.4 is 0 Å².